The summed E-state index contributed by atoms with van der Waals surface area (Å²) in [6, 6.07) is 10.7. The summed E-state index contributed by atoms with van der Waals surface area (Å²) < 4.78 is 1.62. The van der Waals surface area contributed by atoms with Crippen molar-refractivity contribution in [3.05, 3.63) is 64.1 Å². The van der Waals surface area contributed by atoms with Gasteiger partial charge in [-0.05, 0) is 31.5 Å². The van der Waals surface area contributed by atoms with Gasteiger partial charge in [-0.3, -0.25) is 9.59 Å². The first kappa shape index (κ1) is 16.9. The molecule has 0 aliphatic rings. The highest BCUT2D eigenvalue weighted by Crippen LogP contribution is 2.11. The molecule has 2 aromatic rings. The fourth-order valence-corrected chi connectivity index (χ4v) is 2.34. The van der Waals surface area contributed by atoms with E-state index in [0.717, 1.165) is 0 Å². The number of carbonyl (C=O) groups excluding carboxylic acids is 1. The van der Waals surface area contributed by atoms with Crippen molar-refractivity contribution < 1.29 is 4.79 Å². The number of pyridine rings is 1. The Kier molecular flexibility index (Phi) is 5.65. The van der Waals surface area contributed by atoms with Crippen molar-refractivity contribution in [1.29, 1.82) is 0 Å². The molecule has 5 nitrogen and oxygen atoms in total. The molecule has 1 aromatic heterocycles. The van der Waals surface area contributed by atoms with Gasteiger partial charge in [0.05, 0.1) is 0 Å². The number of rotatable bonds is 6. The fourth-order valence-electron chi connectivity index (χ4n) is 2.22. The minimum atomic E-state index is -0.106. The average molecular weight is 329 g/mol. The van der Waals surface area contributed by atoms with E-state index in [1.54, 1.807) is 48.0 Å². The van der Waals surface area contributed by atoms with Gasteiger partial charge in [-0.25, -0.2) is 0 Å². The summed E-state index contributed by atoms with van der Waals surface area (Å²) in [6.45, 7) is 2.29. The van der Waals surface area contributed by atoms with Gasteiger partial charge in [0.15, 0.2) is 0 Å². The minimum Gasteiger partial charge on any atom is -0.389 e. The number of hydrogen-bond donors (Lipinski definition) is 2. The summed E-state index contributed by atoms with van der Waals surface area (Å²) in [6.07, 6.45) is 2.65. The standard InChI is InChI=1S/C17H19N3O2S/c1-12-5-3-9-20(17(12)22)10-4-8-15(21)19-14-7-2-6-13(11-14)16(18)23/h2-3,5-7,9,11H,4,8,10H2,1H3,(H2,18,23)(H,19,21). The van der Waals surface area contributed by atoms with Crippen LogP contribution in [-0.4, -0.2) is 15.5 Å². The van der Waals surface area contributed by atoms with Crippen molar-refractivity contribution in [1.82, 2.24) is 4.57 Å². The van der Waals surface area contributed by atoms with Crippen LogP contribution in [0.3, 0.4) is 0 Å². The van der Waals surface area contributed by atoms with Gasteiger partial charge in [-0.2, -0.15) is 0 Å². The van der Waals surface area contributed by atoms with Gasteiger partial charge in [0, 0.05) is 36.0 Å². The van der Waals surface area contributed by atoms with Gasteiger partial charge in [0.1, 0.15) is 4.99 Å². The van der Waals surface area contributed by atoms with Gasteiger partial charge < -0.3 is 15.6 Å². The molecule has 1 amide bonds. The minimum absolute atomic E-state index is 0.0166. The van der Waals surface area contributed by atoms with E-state index in [-0.39, 0.29) is 11.5 Å². The zero-order valence-electron chi connectivity index (χ0n) is 12.9. The molecule has 0 spiro atoms. The lowest BCUT2D eigenvalue weighted by atomic mass is 10.2. The van der Waals surface area contributed by atoms with Gasteiger partial charge >= 0.3 is 0 Å². The normalized spacial score (nSPS) is 10.3. The highest BCUT2D eigenvalue weighted by Gasteiger charge is 2.05. The van der Waals surface area contributed by atoms with E-state index in [0.29, 0.717) is 41.2 Å². The molecule has 120 valence electrons. The van der Waals surface area contributed by atoms with Gasteiger partial charge in [0.25, 0.3) is 5.56 Å². The summed E-state index contributed by atoms with van der Waals surface area (Å²) in [4.78, 5) is 24.1. The average Bonchev–Trinajstić information content (AvgIpc) is 2.51. The smallest absolute Gasteiger partial charge is 0.253 e. The van der Waals surface area contributed by atoms with Crippen molar-refractivity contribution in [3.63, 3.8) is 0 Å². The lowest BCUT2D eigenvalue weighted by molar-refractivity contribution is -0.116. The van der Waals surface area contributed by atoms with Crippen LogP contribution in [0.1, 0.15) is 24.0 Å². The van der Waals surface area contributed by atoms with E-state index < -0.39 is 0 Å². The number of aromatic nitrogens is 1. The number of nitrogens with one attached hydrogen (secondary N) is 1. The summed E-state index contributed by atoms with van der Waals surface area (Å²) in [7, 11) is 0. The fraction of sp³-hybridized carbons (Fsp3) is 0.235. The van der Waals surface area contributed by atoms with Crippen molar-refractivity contribution >= 4 is 28.8 Å². The predicted molar refractivity (Wildman–Crippen MR) is 95.6 cm³/mol. The molecule has 0 saturated carbocycles. The Morgan fingerprint density at radius 2 is 2.09 bits per heavy atom. The van der Waals surface area contributed by atoms with Crippen LogP contribution in [0.5, 0.6) is 0 Å². The number of hydrogen-bond acceptors (Lipinski definition) is 3. The molecule has 0 unspecified atom stereocenters. The van der Waals surface area contributed by atoms with Gasteiger partial charge in [0.2, 0.25) is 5.91 Å². The topological polar surface area (TPSA) is 77.1 Å². The van der Waals surface area contributed by atoms with Crippen molar-refractivity contribution in [2.24, 2.45) is 5.73 Å². The summed E-state index contributed by atoms with van der Waals surface area (Å²) in [5, 5.41) is 2.81. The molecule has 0 radical (unpaired) electrons. The molecule has 3 N–H and O–H groups in total. The van der Waals surface area contributed by atoms with E-state index in [2.05, 4.69) is 5.32 Å². The number of nitrogens with zero attached hydrogens (tertiary/aromatic N) is 1. The lowest BCUT2D eigenvalue weighted by Gasteiger charge is -2.08. The van der Waals surface area contributed by atoms with Gasteiger partial charge in [-0.1, -0.05) is 30.4 Å². The molecule has 0 aliphatic heterocycles. The molecule has 0 bridgehead atoms. The first-order chi connectivity index (χ1) is 11.0. The second-order valence-electron chi connectivity index (χ2n) is 5.29. The van der Waals surface area contributed by atoms with Crippen LogP contribution < -0.4 is 16.6 Å². The second kappa shape index (κ2) is 7.69. The molecule has 6 heteroatoms. The predicted octanol–water partition coefficient (Wildman–Crippen LogP) is 2.21. The summed E-state index contributed by atoms with van der Waals surface area (Å²) in [5.74, 6) is -0.106. The molecule has 2 rings (SSSR count). The third-order valence-corrected chi connectivity index (χ3v) is 3.68. The highest BCUT2D eigenvalue weighted by atomic mass is 32.1. The Bertz CT molecular complexity index is 783. The van der Waals surface area contributed by atoms with Crippen molar-refractivity contribution in [2.75, 3.05) is 5.32 Å². The maximum Gasteiger partial charge on any atom is 0.253 e. The highest BCUT2D eigenvalue weighted by molar-refractivity contribution is 7.80. The molecule has 1 heterocycles. The molecule has 0 saturated heterocycles. The van der Waals surface area contributed by atoms with Crippen LogP contribution in [-0.2, 0) is 11.3 Å². The molecule has 1 aromatic carbocycles. The SMILES string of the molecule is Cc1cccn(CCCC(=O)Nc2cccc(C(N)=S)c2)c1=O. The zero-order chi connectivity index (χ0) is 16.8. The number of benzene rings is 1. The maximum absolute atomic E-state index is 12.0. The number of aryl methyl sites for hydroxylation is 2. The lowest BCUT2D eigenvalue weighted by Crippen LogP contribution is -2.22. The van der Waals surface area contributed by atoms with Crippen LogP contribution in [0.15, 0.2) is 47.4 Å². The Hall–Kier alpha value is -2.47. The van der Waals surface area contributed by atoms with E-state index >= 15 is 0 Å². The quantitative estimate of drug-likeness (QED) is 0.797. The third-order valence-electron chi connectivity index (χ3n) is 3.44. The first-order valence-electron chi connectivity index (χ1n) is 7.33. The zero-order valence-corrected chi connectivity index (χ0v) is 13.7. The monoisotopic (exact) mass is 329 g/mol. The van der Waals surface area contributed by atoms with Crippen molar-refractivity contribution in [2.45, 2.75) is 26.3 Å². The molecule has 0 aliphatic carbocycles. The number of thiocarbonyl (C=S) groups is 1. The summed E-state index contributed by atoms with van der Waals surface area (Å²) in [5.41, 5.74) is 7.63. The largest absolute Gasteiger partial charge is 0.389 e. The van der Waals surface area contributed by atoms with Gasteiger partial charge in [-0.15, -0.1) is 0 Å². The maximum atomic E-state index is 12.0. The van der Waals surface area contributed by atoms with Crippen LogP contribution in [0.25, 0.3) is 0 Å². The van der Waals surface area contributed by atoms with E-state index in [9.17, 15) is 9.59 Å². The van der Waals surface area contributed by atoms with Crippen LogP contribution >= 0.6 is 12.2 Å². The first-order valence-corrected chi connectivity index (χ1v) is 7.74. The Balaban J connectivity index is 1.88. The van der Waals surface area contributed by atoms with Crippen LogP contribution in [0, 0.1) is 6.92 Å². The van der Waals surface area contributed by atoms with Crippen LogP contribution in [0.4, 0.5) is 5.69 Å². The Morgan fingerprint density at radius 3 is 2.83 bits per heavy atom. The van der Waals surface area contributed by atoms with E-state index in [1.807, 2.05) is 6.07 Å². The molecule has 0 fully saturated rings. The molecule has 0 atom stereocenters. The third kappa shape index (κ3) is 4.75. The number of carbonyl (C=O) groups is 1. The summed E-state index contributed by atoms with van der Waals surface area (Å²) >= 11 is 4.91. The van der Waals surface area contributed by atoms with Crippen LogP contribution in [0.2, 0.25) is 0 Å². The molecule has 23 heavy (non-hydrogen) atoms. The Morgan fingerprint density at radius 1 is 1.30 bits per heavy atom. The number of anilines is 1. The molecular weight excluding hydrogens is 310 g/mol. The number of amides is 1. The Labute approximate surface area is 140 Å². The van der Waals surface area contributed by atoms with E-state index in [4.69, 9.17) is 18.0 Å². The van der Waals surface area contributed by atoms with Crippen molar-refractivity contribution in [3.8, 4) is 0 Å². The molecular formula is C17H19N3O2S. The van der Waals surface area contributed by atoms with E-state index in [1.165, 1.54) is 0 Å². The number of nitrogens with two attached hydrogens (primary N) is 1. The second-order valence-corrected chi connectivity index (χ2v) is 5.73.